The van der Waals surface area contributed by atoms with Crippen LogP contribution in [0.5, 0.6) is 5.75 Å². The molecule has 2 amide bonds. The lowest BCUT2D eigenvalue weighted by atomic mass is 10.0. The molecule has 0 aliphatic carbocycles. The summed E-state index contributed by atoms with van der Waals surface area (Å²) < 4.78 is 13.2. The van der Waals surface area contributed by atoms with E-state index < -0.39 is 11.8 Å². The van der Waals surface area contributed by atoms with E-state index >= 15 is 0 Å². The first-order chi connectivity index (χ1) is 13.5. The van der Waals surface area contributed by atoms with Crippen molar-refractivity contribution in [3.63, 3.8) is 0 Å². The number of H-pyrrole nitrogens is 1. The first-order valence-electron chi connectivity index (χ1n) is 8.41. The highest BCUT2D eigenvalue weighted by Crippen LogP contribution is 2.36. The highest BCUT2D eigenvalue weighted by molar-refractivity contribution is 6.04. The van der Waals surface area contributed by atoms with Crippen LogP contribution >= 0.6 is 0 Å². The molecule has 7 nitrogen and oxygen atoms in total. The maximum atomic E-state index is 13.2. The number of phenolic OH excluding ortho intramolecular Hbond substituents is 1. The highest BCUT2D eigenvalue weighted by Gasteiger charge is 2.13. The Balaban J connectivity index is 1.54. The van der Waals surface area contributed by atoms with Crippen molar-refractivity contribution in [1.29, 1.82) is 0 Å². The molecule has 140 valence electrons. The number of benzene rings is 3. The summed E-state index contributed by atoms with van der Waals surface area (Å²) in [6.07, 6.45) is 0. The van der Waals surface area contributed by atoms with Gasteiger partial charge in [0, 0.05) is 11.4 Å². The van der Waals surface area contributed by atoms with Crippen LogP contribution in [0.4, 0.5) is 26.4 Å². The molecule has 0 radical (unpaired) electrons. The van der Waals surface area contributed by atoms with E-state index in [0.717, 1.165) is 11.1 Å². The molecule has 0 fully saturated rings. The maximum absolute atomic E-state index is 13.2. The molecule has 28 heavy (non-hydrogen) atoms. The first kappa shape index (κ1) is 17.3. The second kappa shape index (κ2) is 6.92. The van der Waals surface area contributed by atoms with Crippen LogP contribution in [0.15, 0.2) is 60.7 Å². The van der Waals surface area contributed by atoms with E-state index in [4.69, 9.17) is 5.73 Å². The van der Waals surface area contributed by atoms with E-state index in [-0.39, 0.29) is 11.6 Å². The lowest BCUT2D eigenvalue weighted by Crippen LogP contribution is -2.19. The maximum Gasteiger partial charge on any atom is 0.323 e. The van der Waals surface area contributed by atoms with Crippen molar-refractivity contribution in [2.75, 3.05) is 16.4 Å². The van der Waals surface area contributed by atoms with Crippen LogP contribution < -0.4 is 16.4 Å². The van der Waals surface area contributed by atoms with E-state index in [1.807, 2.05) is 12.1 Å². The van der Waals surface area contributed by atoms with Crippen molar-refractivity contribution < 1.29 is 14.3 Å². The summed E-state index contributed by atoms with van der Waals surface area (Å²) in [6.45, 7) is 0. The molecule has 0 saturated carbocycles. The molecule has 6 N–H and O–H groups in total. The highest BCUT2D eigenvalue weighted by atomic mass is 19.1. The summed E-state index contributed by atoms with van der Waals surface area (Å²) in [5, 5.41) is 22.5. The lowest BCUT2D eigenvalue weighted by molar-refractivity contribution is 0.262. The van der Waals surface area contributed by atoms with E-state index in [1.54, 1.807) is 30.3 Å². The third-order valence-electron chi connectivity index (χ3n) is 4.26. The van der Waals surface area contributed by atoms with Gasteiger partial charge in [-0.1, -0.05) is 18.2 Å². The number of nitrogens with one attached hydrogen (secondary N) is 3. The average molecular weight is 377 g/mol. The van der Waals surface area contributed by atoms with Crippen LogP contribution in [-0.2, 0) is 0 Å². The number of aromatic nitrogens is 2. The molecule has 0 unspecified atom stereocenters. The molecule has 4 aromatic rings. The average Bonchev–Trinajstić information content (AvgIpc) is 3.06. The minimum Gasteiger partial charge on any atom is -0.506 e. The zero-order valence-corrected chi connectivity index (χ0v) is 14.5. The second-order valence-electron chi connectivity index (χ2n) is 6.16. The summed E-state index contributed by atoms with van der Waals surface area (Å²) >= 11 is 0. The van der Waals surface area contributed by atoms with Gasteiger partial charge in [0.25, 0.3) is 0 Å². The van der Waals surface area contributed by atoms with E-state index in [2.05, 4.69) is 20.8 Å². The van der Waals surface area contributed by atoms with E-state index in [0.29, 0.717) is 22.3 Å². The van der Waals surface area contributed by atoms with Gasteiger partial charge >= 0.3 is 6.03 Å². The number of fused-ring (bicyclic) bond motifs is 1. The Bertz CT molecular complexity index is 1170. The van der Waals surface area contributed by atoms with Gasteiger partial charge in [-0.3, -0.25) is 5.10 Å². The molecule has 0 aliphatic rings. The Kier molecular flexibility index (Phi) is 4.29. The van der Waals surface area contributed by atoms with Gasteiger partial charge in [-0.25, -0.2) is 9.18 Å². The van der Waals surface area contributed by atoms with Gasteiger partial charge in [0.15, 0.2) is 5.82 Å². The fourth-order valence-electron chi connectivity index (χ4n) is 2.98. The number of phenols is 1. The van der Waals surface area contributed by atoms with Crippen LogP contribution in [0.2, 0.25) is 0 Å². The molecule has 1 heterocycles. The number of halogens is 1. The Morgan fingerprint density at radius 2 is 1.79 bits per heavy atom. The Hall–Kier alpha value is -4.07. The number of hydrogen-bond acceptors (Lipinski definition) is 4. The Morgan fingerprint density at radius 1 is 1.04 bits per heavy atom. The summed E-state index contributed by atoms with van der Waals surface area (Å²) in [6, 6.07) is 15.6. The van der Waals surface area contributed by atoms with Gasteiger partial charge in [-0.15, -0.1) is 0 Å². The second-order valence-corrected chi connectivity index (χ2v) is 6.16. The van der Waals surface area contributed by atoms with Gasteiger partial charge in [-0.05, 0) is 53.6 Å². The number of carbonyl (C=O) groups is 1. The smallest absolute Gasteiger partial charge is 0.323 e. The molecule has 0 atom stereocenters. The van der Waals surface area contributed by atoms with E-state index in [1.165, 1.54) is 18.2 Å². The number of amides is 2. The molecule has 8 heteroatoms. The molecule has 0 aliphatic heterocycles. The summed E-state index contributed by atoms with van der Waals surface area (Å²) in [4.78, 5) is 12.1. The minimum atomic E-state index is -0.482. The zero-order valence-electron chi connectivity index (χ0n) is 14.5. The fraction of sp³-hybridized carbons (Fsp3) is 0. The number of nitrogen functional groups attached to an aromatic ring is 1. The number of hydrogen-bond donors (Lipinski definition) is 5. The van der Waals surface area contributed by atoms with Gasteiger partial charge in [-0.2, -0.15) is 5.10 Å². The molecule has 4 rings (SSSR count). The van der Waals surface area contributed by atoms with Crippen molar-refractivity contribution in [3.8, 4) is 16.9 Å². The number of aromatic amines is 1. The van der Waals surface area contributed by atoms with Crippen LogP contribution in [-0.4, -0.2) is 21.3 Å². The molecule has 1 aromatic heterocycles. The lowest BCUT2D eigenvalue weighted by Gasteiger charge is -2.09. The summed E-state index contributed by atoms with van der Waals surface area (Å²) in [5.41, 5.74) is 8.94. The number of rotatable bonds is 3. The monoisotopic (exact) mass is 377 g/mol. The van der Waals surface area contributed by atoms with Gasteiger partial charge in [0.1, 0.15) is 17.1 Å². The molecule has 0 saturated heterocycles. The zero-order chi connectivity index (χ0) is 19.7. The SMILES string of the molecule is Nc1n[nH]c2c(O)ccc(-c3ccc(NC(=O)Nc4cccc(F)c4)cc3)c12. The van der Waals surface area contributed by atoms with Crippen molar-refractivity contribution in [2.45, 2.75) is 0 Å². The van der Waals surface area contributed by atoms with Crippen molar-refractivity contribution in [3.05, 3.63) is 66.5 Å². The Labute approximate surface area is 159 Å². The van der Waals surface area contributed by atoms with Crippen molar-refractivity contribution >= 4 is 34.1 Å². The van der Waals surface area contributed by atoms with Crippen molar-refractivity contribution in [2.24, 2.45) is 0 Å². The molecular weight excluding hydrogens is 361 g/mol. The summed E-state index contributed by atoms with van der Waals surface area (Å²) in [5.74, 6) is -0.0753. The third-order valence-corrected chi connectivity index (χ3v) is 4.26. The van der Waals surface area contributed by atoms with E-state index in [9.17, 15) is 14.3 Å². The molecule has 0 spiro atoms. The predicted molar refractivity (Wildman–Crippen MR) is 107 cm³/mol. The Morgan fingerprint density at radius 3 is 2.54 bits per heavy atom. The number of nitrogens with two attached hydrogens (primary N) is 1. The summed E-state index contributed by atoms with van der Waals surface area (Å²) in [7, 11) is 0. The quantitative estimate of drug-likeness (QED) is 0.366. The molecule has 3 aromatic carbocycles. The predicted octanol–water partition coefficient (Wildman–Crippen LogP) is 4.30. The standard InChI is InChI=1S/C20H16FN5O2/c21-12-2-1-3-14(10-12)24-20(28)23-13-6-4-11(5-7-13)15-8-9-16(27)18-17(15)19(22)26-25-18/h1-10,27H,(H3,22,25,26)(H2,23,24,28). The number of anilines is 3. The fourth-order valence-corrected chi connectivity index (χ4v) is 2.98. The molecular formula is C20H16FN5O2. The van der Waals surface area contributed by atoms with Crippen LogP contribution in [0.1, 0.15) is 0 Å². The van der Waals surface area contributed by atoms with Crippen LogP contribution in [0, 0.1) is 5.82 Å². The van der Waals surface area contributed by atoms with Crippen LogP contribution in [0.25, 0.3) is 22.0 Å². The number of urea groups is 1. The number of aromatic hydroxyl groups is 1. The van der Waals surface area contributed by atoms with Crippen molar-refractivity contribution in [1.82, 2.24) is 10.2 Å². The largest absolute Gasteiger partial charge is 0.506 e. The van der Waals surface area contributed by atoms with Crippen LogP contribution in [0.3, 0.4) is 0 Å². The van der Waals surface area contributed by atoms with Gasteiger partial charge in [0.05, 0.1) is 5.39 Å². The molecule has 0 bridgehead atoms. The number of nitrogens with zero attached hydrogens (tertiary/aromatic N) is 1. The minimum absolute atomic E-state index is 0.0651. The van der Waals surface area contributed by atoms with Gasteiger partial charge < -0.3 is 21.5 Å². The van der Waals surface area contributed by atoms with Gasteiger partial charge in [0.2, 0.25) is 0 Å². The first-order valence-corrected chi connectivity index (χ1v) is 8.41. The number of carbonyl (C=O) groups excluding carboxylic acids is 1. The third kappa shape index (κ3) is 3.30. The normalized spacial score (nSPS) is 10.8. The topological polar surface area (TPSA) is 116 Å².